The van der Waals surface area contributed by atoms with Gasteiger partial charge in [0.05, 0.1) is 0 Å². The lowest BCUT2D eigenvalue weighted by Crippen LogP contribution is -2.56. The maximum absolute atomic E-state index is 12.3. The van der Waals surface area contributed by atoms with Crippen LogP contribution in [0.3, 0.4) is 0 Å². The van der Waals surface area contributed by atoms with E-state index in [-0.39, 0.29) is 11.7 Å². The molecule has 2 rings (SSSR count). The number of amides is 1. The molecule has 0 aromatic rings. The zero-order chi connectivity index (χ0) is 13.2. The van der Waals surface area contributed by atoms with Crippen LogP contribution >= 0.6 is 0 Å². The van der Waals surface area contributed by atoms with Gasteiger partial charge in [-0.1, -0.05) is 24.9 Å². The first-order chi connectivity index (χ1) is 8.58. The molecule has 0 unspecified atom stereocenters. The van der Waals surface area contributed by atoms with Crippen molar-refractivity contribution in [3.63, 3.8) is 0 Å². The second-order valence-electron chi connectivity index (χ2n) is 5.81. The van der Waals surface area contributed by atoms with E-state index < -0.39 is 5.41 Å². The Labute approximate surface area is 108 Å². The van der Waals surface area contributed by atoms with Crippen molar-refractivity contribution >= 4 is 11.7 Å². The third-order valence-electron chi connectivity index (χ3n) is 5.03. The molecule has 0 bridgehead atoms. The number of nitrogens with one attached hydrogen (secondary N) is 1. The van der Waals surface area contributed by atoms with Crippen molar-refractivity contribution in [3.05, 3.63) is 0 Å². The Kier molecular flexibility index (Phi) is 3.50. The molecule has 2 aliphatic carbocycles. The highest BCUT2D eigenvalue weighted by Gasteiger charge is 2.49. The molecular weight excluding hydrogens is 230 g/mol. The highest BCUT2D eigenvalue weighted by molar-refractivity contribution is 6.07. The van der Waals surface area contributed by atoms with Crippen LogP contribution < -0.4 is 11.1 Å². The second-order valence-corrected chi connectivity index (χ2v) is 5.81. The van der Waals surface area contributed by atoms with Gasteiger partial charge in [-0.2, -0.15) is 0 Å². The minimum atomic E-state index is -0.743. The summed E-state index contributed by atoms with van der Waals surface area (Å²) in [5.41, 5.74) is 5.23. The lowest BCUT2D eigenvalue weighted by Gasteiger charge is -2.44. The average molecular weight is 253 g/mol. The third kappa shape index (κ3) is 1.95. The zero-order valence-corrected chi connectivity index (χ0v) is 11.0. The number of amidine groups is 1. The summed E-state index contributed by atoms with van der Waals surface area (Å²) in [4.78, 5) is 12.3. The molecule has 2 aliphatic rings. The molecule has 18 heavy (non-hydrogen) atoms. The molecule has 2 fully saturated rings. The first-order valence-corrected chi connectivity index (χ1v) is 6.85. The predicted molar refractivity (Wildman–Crippen MR) is 69.3 cm³/mol. The summed E-state index contributed by atoms with van der Waals surface area (Å²) in [5, 5.41) is 14.9. The highest BCUT2D eigenvalue weighted by Crippen LogP contribution is 2.44. The molecule has 1 amide bonds. The van der Waals surface area contributed by atoms with Crippen molar-refractivity contribution in [2.24, 2.45) is 21.7 Å². The molecule has 5 heteroatoms. The Balaban J connectivity index is 1.95. The van der Waals surface area contributed by atoms with E-state index in [4.69, 9.17) is 10.9 Å². The van der Waals surface area contributed by atoms with Gasteiger partial charge >= 0.3 is 0 Å². The molecule has 0 heterocycles. The van der Waals surface area contributed by atoms with E-state index >= 15 is 0 Å². The summed E-state index contributed by atoms with van der Waals surface area (Å²) in [6.45, 7) is 2.90. The zero-order valence-electron chi connectivity index (χ0n) is 11.0. The fraction of sp³-hybridized carbons (Fsp3) is 0.846. The van der Waals surface area contributed by atoms with Crippen LogP contribution in [-0.4, -0.2) is 23.5 Å². The summed E-state index contributed by atoms with van der Waals surface area (Å²) in [5.74, 6) is -0.00539. The van der Waals surface area contributed by atoms with Crippen LogP contribution in [0.1, 0.15) is 51.9 Å². The summed E-state index contributed by atoms with van der Waals surface area (Å²) >= 11 is 0. The Morgan fingerprint density at radius 3 is 2.28 bits per heavy atom. The van der Waals surface area contributed by atoms with E-state index in [2.05, 4.69) is 17.4 Å². The Bertz CT molecular complexity index is 352. The van der Waals surface area contributed by atoms with E-state index in [1.807, 2.05) is 0 Å². The second kappa shape index (κ2) is 4.78. The van der Waals surface area contributed by atoms with E-state index in [0.29, 0.717) is 18.3 Å². The van der Waals surface area contributed by atoms with Crippen LogP contribution in [-0.2, 0) is 4.79 Å². The van der Waals surface area contributed by atoms with Crippen molar-refractivity contribution in [2.75, 3.05) is 6.54 Å². The third-order valence-corrected chi connectivity index (χ3v) is 5.03. The molecule has 4 N–H and O–H groups in total. The van der Waals surface area contributed by atoms with Gasteiger partial charge in [0.1, 0.15) is 5.41 Å². The van der Waals surface area contributed by atoms with Crippen molar-refractivity contribution in [2.45, 2.75) is 51.9 Å². The maximum atomic E-state index is 12.3. The first-order valence-electron chi connectivity index (χ1n) is 6.85. The number of nitrogens with two attached hydrogens (primary N) is 1. The first kappa shape index (κ1) is 13.2. The topological polar surface area (TPSA) is 87.7 Å². The van der Waals surface area contributed by atoms with E-state index in [9.17, 15) is 4.79 Å². The van der Waals surface area contributed by atoms with Crippen molar-refractivity contribution in [3.8, 4) is 0 Å². The summed E-state index contributed by atoms with van der Waals surface area (Å²) < 4.78 is 0. The van der Waals surface area contributed by atoms with Crippen LogP contribution in [0.5, 0.6) is 0 Å². The number of hydrogen-bond donors (Lipinski definition) is 3. The quantitative estimate of drug-likeness (QED) is 0.301. The standard InChI is InChI=1S/C13H23N3O2/c1-2-12(5-3-6-12)9-15-11(17)13(7-4-8-13)10(14)16-18/h18H,2-9H2,1H3,(H2,14,16)(H,15,17). The predicted octanol–water partition coefficient (Wildman–Crippen LogP) is 1.60. The van der Waals surface area contributed by atoms with Crippen molar-refractivity contribution < 1.29 is 10.0 Å². The molecule has 2 saturated carbocycles. The van der Waals surface area contributed by atoms with Crippen molar-refractivity contribution in [1.82, 2.24) is 5.32 Å². The Morgan fingerprint density at radius 1 is 1.33 bits per heavy atom. The van der Waals surface area contributed by atoms with Gasteiger partial charge in [-0.25, -0.2) is 0 Å². The Morgan fingerprint density at radius 2 is 1.94 bits per heavy atom. The monoisotopic (exact) mass is 253 g/mol. The molecule has 5 nitrogen and oxygen atoms in total. The number of hydrogen-bond acceptors (Lipinski definition) is 3. The van der Waals surface area contributed by atoms with E-state index in [1.165, 1.54) is 19.3 Å². The Hall–Kier alpha value is -1.26. The molecule has 0 aromatic heterocycles. The summed E-state index contributed by atoms with van der Waals surface area (Å²) in [6.07, 6.45) is 7.09. The van der Waals surface area contributed by atoms with Gasteiger partial charge in [0, 0.05) is 6.54 Å². The number of carbonyl (C=O) groups is 1. The summed E-state index contributed by atoms with van der Waals surface area (Å²) in [6, 6.07) is 0. The van der Waals surface area contributed by atoms with E-state index in [1.54, 1.807) is 0 Å². The molecule has 0 aliphatic heterocycles. The van der Waals surface area contributed by atoms with Crippen LogP contribution in [0.2, 0.25) is 0 Å². The highest BCUT2D eigenvalue weighted by atomic mass is 16.4. The van der Waals surface area contributed by atoms with Gasteiger partial charge in [0.15, 0.2) is 5.84 Å². The number of oxime groups is 1. The fourth-order valence-corrected chi connectivity index (χ4v) is 2.99. The molecule has 102 valence electrons. The van der Waals surface area contributed by atoms with Gasteiger partial charge in [-0.05, 0) is 37.5 Å². The molecule has 0 atom stereocenters. The average Bonchev–Trinajstić information content (AvgIpc) is 2.26. The van der Waals surface area contributed by atoms with Gasteiger partial charge in [-0.15, -0.1) is 0 Å². The smallest absolute Gasteiger partial charge is 0.233 e. The van der Waals surface area contributed by atoms with E-state index in [0.717, 1.165) is 19.4 Å². The number of carbonyl (C=O) groups excluding carboxylic acids is 1. The number of nitrogens with zero attached hydrogens (tertiary/aromatic N) is 1. The fourth-order valence-electron chi connectivity index (χ4n) is 2.99. The largest absolute Gasteiger partial charge is 0.409 e. The van der Waals surface area contributed by atoms with Crippen molar-refractivity contribution in [1.29, 1.82) is 0 Å². The minimum absolute atomic E-state index is 0.0606. The minimum Gasteiger partial charge on any atom is -0.409 e. The van der Waals surface area contributed by atoms with Gasteiger partial charge in [0.2, 0.25) is 5.91 Å². The summed E-state index contributed by atoms with van der Waals surface area (Å²) in [7, 11) is 0. The molecule has 0 radical (unpaired) electrons. The molecular formula is C13H23N3O2. The SMILES string of the molecule is CCC1(CNC(=O)C2(C(N)=NO)CCC2)CCC1. The molecule has 0 aromatic carbocycles. The molecule has 0 saturated heterocycles. The van der Waals surface area contributed by atoms with Crippen LogP contribution in [0.15, 0.2) is 5.16 Å². The maximum Gasteiger partial charge on any atom is 0.233 e. The van der Waals surface area contributed by atoms with Gasteiger partial charge in [-0.3, -0.25) is 4.79 Å². The lowest BCUT2D eigenvalue weighted by molar-refractivity contribution is -0.132. The molecule has 0 spiro atoms. The van der Waals surface area contributed by atoms with Gasteiger partial charge < -0.3 is 16.3 Å². The lowest BCUT2D eigenvalue weighted by atomic mass is 9.65. The van der Waals surface area contributed by atoms with Crippen LogP contribution in [0.4, 0.5) is 0 Å². The number of rotatable bonds is 5. The van der Waals surface area contributed by atoms with Gasteiger partial charge in [0.25, 0.3) is 0 Å². The normalized spacial score (nSPS) is 24.8. The van der Waals surface area contributed by atoms with Crippen LogP contribution in [0, 0.1) is 10.8 Å². The van der Waals surface area contributed by atoms with Crippen LogP contribution in [0.25, 0.3) is 0 Å².